The molecule has 0 saturated carbocycles. The van der Waals surface area contributed by atoms with Crippen LogP contribution in [0, 0.1) is 6.92 Å². The first kappa shape index (κ1) is 10.1. The molecule has 2 aromatic heterocycles. The topological polar surface area (TPSA) is 96.7 Å². The van der Waals surface area contributed by atoms with E-state index in [9.17, 15) is 4.79 Å². The molecule has 16 heavy (non-hydrogen) atoms. The molecule has 82 valence electrons. The molecular formula is C9H9N5O2. The molecule has 2 rings (SSSR count). The zero-order chi connectivity index (χ0) is 11.4. The van der Waals surface area contributed by atoms with Crippen molar-refractivity contribution in [3.63, 3.8) is 0 Å². The number of nitrogens with one attached hydrogen (secondary N) is 2. The van der Waals surface area contributed by atoms with E-state index in [1.807, 2.05) is 13.0 Å². The Morgan fingerprint density at radius 2 is 2.44 bits per heavy atom. The lowest BCUT2D eigenvalue weighted by Gasteiger charge is -1.92. The van der Waals surface area contributed by atoms with Gasteiger partial charge in [-0.05, 0) is 35.6 Å². The monoisotopic (exact) mass is 219 g/mol. The van der Waals surface area contributed by atoms with Gasteiger partial charge in [0.15, 0.2) is 0 Å². The molecule has 0 radical (unpaired) electrons. The molecular weight excluding hydrogens is 210 g/mol. The Bertz CT molecular complexity index is 500. The van der Waals surface area contributed by atoms with Gasteiger partial charge in [0.05, 0.1) is 0 Å². The van der Waals surface area contributed by atoms with Crippen molar-refractivity contribution in [3.05, 3.63) is 29.7 Å². The average molecular weight is 219 g/mol. The molecule has 0 atom stereocenters. The SMILES string of the molecule is Cc1ccc(C=CC(=O)Nc2nnn[nH]2)o1. The van der Waals surface area contributed by atoms with Crippen LogP contribution in [0.3, 0.4) is 0 Å². The summed E-state index contributed by atoms with van der Waals surface area (Å²) in [5.74, 6) is 1.26. The van der Waals surface area contributed by atoms with E-state index in [4.69, 9.17) is 4.42 Å². The number of anilines is 1. The van der Waals surface area contributed by atoms with E-state index in [-0.39, 0.29) is 11.9 Å². The number of amides is 1. The second kappa shape index (κ2) is 4.39. The van der Waals surface area contributed by atoms with Crippen LogP contribution in [0.25, 0.3) is 6.08 Å². The van der Waals surface area contributed by atoms with E-state index < -0.39 is 0 Å². The van der Waals surface area contributed by atoms with Gasteiger partial charge >= 0.3 is 0 Å². The number of aromatic nitrogens is 4. The zero-order valence-corrected chi connectivity index (χ0v) is 8.47. The van der Waals surface area contributed by atoms with E-state index in [0.717, 1.165) is 5.76 Å². The quantitative estimate of drug-likeness (QED) is 0.742. The van der Waals surface area contributed by atoms with E-state index in [1.165, 1.54) is 6.08 Å². The van der Waals surface area contributed by atoms with Gasteiger partial charge in [-0.25, -0.2) is 5.10 Å². The van der Waals surface area contributed by atoms with Crippen LogP contribution in [0.5, 0.6) is 0 Å². The molecule has 1 amide bonds. The van der Waals surface area contributed by atoms with Gasteiger partial charge < -0.3 is 4.42 Å². The van der Waals surface area contributed by atoms with Crippen molar-refractivity contribution in [2.45, 2.75) is 6.92 Å². The average Bonchev–Trinajstić information content (AvgIpc) is 2.87. The Morgan fingerprint density at radius 3 is 3.06 bits per heavy atom. The number of aryl methyl sites for hydroxylation is 1. The Morgan fingerprint density at radius 1 is 1.56 bits per heavy atom. The molecule has 0 fully saturated rings. The summed E-state index contributed by atoms with van der Waals surface area (Å²) in [5.41, 5.74) is 0. The smallest absolute Gasteiger partial charge is 0.250 e. The fourth-order valence-corrected chi connectivity index (χ4v) is 1.07. The molecule has 0 saturated heterocycles. The van der Waals surface area contributed by atoms with Crippen LogP contribution in [0.4, 0.5) is 5.95 Å². The van der Waals surface area contributed by atoms with Gasteiger partial charge in [-0.3, -0.25) is 10.1 Å². The first-order chi connectivity index (χ1) is 7.74. The number of rotatable bonds is 3. The van der Waals surface area contributed by atoms with Crippen molar-refractivity contribution >= 4 is 17.9 Å². The summed E-state index contributed by atoms with van der Waals surface area (Å²) in [6.07, 6.45) is 2.90. The number of aromatic amines is 1. The molecule has 7 nitrogen and oxygen atoms in total. The summed E-state index contributed by atoms with van der Waals surface area (Å²) >= 11 is 0. The van der Waals surface area contributed by atoms with E-state index in [0.29, 0.717) is 5.76 Å². The lowest BCUT2D eigenvalue weighted by atomic mass is 10.4. The Balaban J connectivity index is 1.94. The van der Waals surface area contributed by atoms with Crippen LogP contribution in [-0.4, -0.2) is 26.5 Å². The first-order valence-corrected chi connectivity index (χ1v) is 4.53. The van der Waals surface area contributed by atoms with Gasteiger partial charge in [0.1, 0.15) is 11.5 Å². The highest BCUT2D eigenvalue weighted by molar-refractivity contribution is 6.00. The second-order valence-electron chi connectivity index (χ2n) is 3.02. The maximum Gasteiger partial charge on any atom is 0.250 e. The number of nitrogens with zero attached hydrogens (tertiary/aromatic N) is 3. The van der Waals surface area contributed by atoms with Crippen LogP contribution >= 0.6 is 0 Å². The highest BCUT2D eigenvalue weighted by Crippen LogP contribution is 2.07. The lowest BCUT2D eigenvalue weighted by Crippen LogP contribution is -2.08. The highest BCUT2D eigenvalue weighted by atomic mass is 16.3. The van der Waals surface area contributed by atoms with E-state index in [1.54, 1.807) is 12.1 Å². The third kappa shape index (κ3) is 2.53. The standard InChI is InChI=1S/C9H9N5O2/c1-6-2-3-7(16-6)4-5-8(15)10-9-11-13-14-12-9/h2-5H,1H3,(H2,10,11,12,13,14,15). The van der Waals surface area contributed by atoms with Crippen LogP contribution < -0.4 is 5.32 Å². The third-order valence-electron chi connectivity index (χ3n) is 1.75. The molecule has 0 aliphatic heterocycles. The molecule has 0 aromatic carbocycles. The van der Waals surface area contributed by atoms with Crippen LogP contribution in [0.1, 0.15) is 11.5 Å². The molecule has 0 unspecified atom stereocenters. The van der Waals surface area contributed by atoms with Gasteiger partial charge in [-0.2, -0.15) is 0 Å². The van der Waals surface area contributed by atoms with Gasteiger partial charge in [0.2, 0.25) is 5.95 Å². The minimum absolute atomic E-state index is 0.199. The molecule has 0 aliphatic rings. The Hall–Kier alpha value is -2.44. The van der Waals surface area contributed by atoms with Crippen molar-refractivity contribution < 1.29 is 9.21 Å². The molecule has 2 N–H and O–H groups in total. The van der Waals surface area contributed by atoms with Crippen molar-refractivity contribution in [3.8, 4) is 0 Å². The summed E-state index contributed by atoms with van der Waals surface area (Å²) in [4.78, 5) is 11.3. The summed E-state index contributed by atoms with van der Waals surface area (Å²) in [5, 5.41) is 15.0. The van der Waals surface area contributed by atoms with Crippen LogP contribution in [-0.2, 0) is 4.79 Å². The number of furan rings is 1. The van der Waals surface area contributed by atoms with Crippen molar-refractivity contribution in [1.29, 1.82) is 0 Å². The fourth-order valence-electron chi connectivity index (χ4n) is 1.07. The first-order valence-electron chi connectivity index (χ1n) is 4.53. The molecule has 0 bridgehead atoms. The van der Waals surface area contributed by atoms with Gasteiger partial charge in [-0.15, -0.1) is 0 Å². The number of carbonyl (C=O) groups is 1. The maximum absolute atomic E-state index is 11.3. The van der Waals surface area contributed by atoms with E-state index in [2.05, 4.69) is 25.9 Å². The molecule has 2 heterocycles. The predicted octanol–water partition coefficient (Wildman–Crippen LogP) is 0.753. The summed E-state index contributed by atoms with van der Waals surface area (Å²) in [7, 11) is 0. The zero-order valence-electron chi connectivity index (χ0n) is 8.47. The molecule has 7 heteroatoms. The lowest BCUT2D eigenvalue weighted by molar-refractivity contribution is -0.111. The number of hydrogen-bond acceptors (Lipinski definition) is 5. The number of tetrazole rings is 1. The third-order valence-corrected chi connectivity index (χ3v) is 1.75. The van der Waals surface area contributed by atoms with Gasteiger partial charge in [-0.1, -0.05) is 5.10 Å². The minimum atomic E-state index is -0.340. The fraction of sp³-hybridized carbons (Fsp3) is 0.111. The van der Waals surface area contributed by atoms with Crippen LogP contribution in [0.2, 0.25) is 0 Å². The molecule has 0 spiro atoms. The van der Waals surface area contributed by atoms with Crippen molar-refractivity contribution in [2.24, 2.45) is 0 Å². The molecule has 0 aliphatic carbocycles. The summed E-state index contributed by atoms with van der Waals surface area (Å²) < 4.78 is 5.25. The van der Waals surface area contributed by atoms with Crippen molar-refractivity contribution in [1.82, 2.24) is 20.6 Å². The molecule has 2 aromatic rings. The summed E-state index contributed by atoms with van der Waals surface area (Å²) in [6.45, 7) is 1.83. The summed E-state index contributed by atoms with van der Waals surface area (Å²) in [6, 6.07) is 3.59. The van der Waals surface area contributed by atoms with Gasteiger partial charge in [0, 0.05) is 6.08 Å². The maximum atomic E-state index is 11.3. The minimum Gasteiger partial charge on any atom is -0.462 e. The Labute approximate surface area is 90.5 Å². The Kier molecular flexibility index (Phi) is 2.77. The van der Waals surface area contributed by atoms with E-state index >= 15 is 0 Å². The highest BCUT2D eigenvalue weighted by Gasteiger charge is 2.00. The normalized spacial score (nSPS) is 10.8. The number of hydrogen-bond donors (Lipinski definition) is 2. The number of carbonyl (C=O) groups excluding carboxylic acids is 1. The van der Waals surface area contributed by atoms with Crippen LogP contribution in [0.15, 0.2) is 22.6 Å². The van der Waals surface area contributed by atoms with Gasteiger partial charge in [0.25, 0.3) is 5.91 Å². The largest absolute Gasteiger partial charge is 0.462 e. The van der Waals surface area contributed by atoms with Crippen molar-refractivity contribution in [2.75, 3.05) is 5.32 Å². The second-order valence-corrected chi connectivity index (χ2v) is 3.02. The predicted molar refractivity (Wildman–Crippen MR) is 55.3 cm³/mol. The number of H-pyrrole nitrogens is 1.